The molecule has 0 amide bonds. The van der Waals surface area contributed by atoms with Gasteiger partial charge in [0.15, 0.2) is 5.11 Å². The summed E-state index contributed by atoms with van der Waals surface area (Å²) in [5.41, 5.74) is 10.2. The molecule has 48 valence electrons. The van der Waals surface area contributed by atoms with Crippen molar-refractivity contribution in [1.82, 2.24) is 10.9 Å². The van der Waals surface area contributed by atoms with Gasteiger partial charge in [0, 0.05) is 0 Å². The fourth-order valence-electron chi connectivity index (χ4n) is 0.165. The highest BCUT2D eigenvalue weighted by Crippen LogP contribution is 1.74. The minimum atomic E-state index is 0.221. The second kappa shape index (κ2) is 5.10. The van der Waals surface area contributed by atoms with Crippen LogP contribution in [0.25, 0.3) is 0 Å². The summed E-state index contributed by atoms with van der Waals surface area (Å²) in [6, 6.07) is 0. The summed E-state index contributed by atoms with van der Waals surface area (Å²) in [6.45, 7) is 0. The van der Waals surface area contributed by atoms with Crippen LogP contribution in [0, 0.1) is 0 Å². The number of thiocarbonyl (C=S) groups is 1. The SMILES string of the molecule is NSCNNC(N)=S. The number of hydrogen-bond donors (Lipinski definition) is 4. The van der Waals surface area contributed by atoms with Crippen molar-refractivity contribution in [3.63, 3.8) is 0 Å². The van der Waals surface area contributed by atoms with Crippen LogP contribution in [0.3, 0.4) is 0 Å². The molecule has 0 radical (unpaired) electrons. The molecule has 4 nitrogen and oxygen atoms in total. The first-order valence-electron chi connectivity index (χ1n) is 1.87. The molecule has 0 aliphatic heterocycles. The van der Waals surface area contributed by atoms with Crippen LogP contribution < -0.4 is 21.7 Å². The van der Waals surface area contributed by atoms with Gasteiger partial charge in [-0.2, -0.15) is 0 Å². The Hall–Kier alpha value is -0.0400. The Morgan fingerprint density at radius 2 is 2.38 bits per heavy atom. The summed E-state index contributed by atoms with van der Waals surface area (Å²) in [7, 11) is 0. The van der Waals surface area contributed by atoms with Crippen LogP contribution in [0.5, 0.6) is 0 Å². The van der Waals surface area contributed by atoms with Crippen LogP contribution in [0.1, 0.15) is 0 Å². The zero-order valence-corrected chi connectivity index (χ0v) is 5.81. The van der Waals surface area contributed by atoms with Crippen molar-refractivity contribution in [3.05, 3.63) is 0 Å². The van der Waals surface area contributed by atoms with E-state index >= 15 is 0 Å². The second-order valence-corrected chi connectivity index (χ2v) is 2.04. The molecule has 0 aromatic carbocycles. The predicted molar refractivity (Wildman–Crippen MR) is 39.7 cm³/mol. The van der Waals surface area contributed by atoms with Gasteiger partial charge in [0.2, 0.25) is 0 Å². The van der Waals surface area contributed by atoms with Crippen LogP contribution in [-0.2, 0) is 0 Å². The highest BCUT2D eigenvalue weighted by molar-refractivity contribution is 7.97. The molecule has 0 heterocycles. The monoisotopic (exact) mass is 152 g/mol. The molecule has 6 N–H and O–H groups in total. The van der Waals surface area contributed by atoms with Crippen LogP contribution in [0.4, 0.5) is 0 Å². The Bertz CT molecular complexity index is 74.4. The van der Waals surface area contributed by atoms with Crippen molar-refractivity contribution < 1.29 is 0 Å². The van der Waals surface area contributed by atoms with Crippen LogP contribution in [0.2, 0.25) is 0 Å². The van der Waals surface area contributed by atoms with Gasteiger partial charge < -0.3 is 5.73 Å². The van der Waals surface area contributed by atoms with E-state index in [-0.39, 0.29) is 5.11 Å². The molecule has 0 fully saturated rings. The van der Waals surface area contributed by atoms with Gasteiger partial charge in [-0.15, -0.1) is 0 Å². The first-order valence-corrected chi connectivity index (χ1v) is 3.33. The average Bonchev–Trinajstić information content (AvgIpc) is 1.66. The van der Waals surface area contributed by atoms with E-state index in [0.717, 1.165) is 11.9 Å². The number of nitrogens with two attached hydrogens (primary N) is 2. The molecule has 0 aromatic rings. The third-order valence-electron chi connectivity index (χ3n) is 0.367. The summed E-state index contributed by atoms with van der Waals surface area (Å²) >= 11 is 5.62. The summed E-state index contributed by atoms with van der Waals surface area (Å²) in [6.07, 6.45) is 0. The molecule has 0 rings (SSSR count). The van der Waals surface area contributed by atoms with Gasteiger partial charge in [-0.1, -0.05) is 11.9 Å². The zero-order valence-electron chi connectivity index (χ0n) is 4.18. The molecule has 0 bridgehead atoms. The maximum absolute atomic E-state index is 5.04. The van der Waals surface area contributed by atoms with Crippen LogP contribution >= 0.6 is 24.2 Å². The van der Waals surface area contributed by atoms with E-state index in [4.69, 9.17) is 10.9 Å². The fraction of sp³-hybridized carbons (Fsp3) is 0.500. The van der Waals surface area contributed by atoms with Gasteiger partial charge in [0.05, 0.1) is 5.88 Å². The van der Waals surface area contributed by atoms with Crippen molar-refractivity contribution in [3.8, 4) is 0 Å². The fourth-order valence-corrected chi connectivity index (χ4v) is 0.393. The smallest absolute Gasteiger partial charge is 0.178 e. The molecule has 0 saturated carbocycles. The second-order valence-electron chi connectivity index (χ2n) is 0.977. The van der Waals surface area contributed by atoms with E-state index in [0.29, 0.717) is 5.88 Å². The highest BCUT2D eigenvalue weighted by Gasteiger charge is 1.80. The Kier molecular flexibility index (Phi) is 5.08. The zero-order chi connectivity index (χ0) is 6.41. The van der Waals surface area contributed by atoms with Gasteiger partial charge in [0.1, 0.15) is 0 Å². The van der Waals surface area contributed by atoms with E-state index in [1.165, 1.54) is 0 Å². The lowest BCUT2D eigenvalue weighted by Gasteiger charge is -2.01. The standard InChI is InChI=1S/C2H8N4S2/c3-2(7)6-5-1-8-4/h5H,1,4H2,(H3,3,6,7). The van der Waals surface area contributed by atoms with Crippen molar-refractivity contribution in [2.75, 3.05) is 5.88 Å². The van der Waals surface area contributed by atoms with E-state index in [9.17, 15) is 0 Å². The van der Waals surface area contributed by atoms with Gasteiger partial charge in [-0.25, -0.2) is 5.43 Å². The lowest BCUT2D eigenvalue weighted by molar-refractivity contribution is 0.752. The Morgan fingerprint density at radius 3 is 2.75 bits per heavy atom. The van der Waals surface area contributed by atoms with Crippen LogP contribution in [-0.4, -0.2) is 11.0 Å². The Labute approximate surface area is 57.5 Å². The lowest BCUT2D eigenvalue weighted by Crippen LogP contribution is -2.40. The molecule has 0 aromatic heterocycles. The minimum Gasteiger partial charge on any atom is -0.375 e. The molecular formula is C2H8N4S2. The van der Waals surface area contributed by atoms with Gasteiger partial charge in [-0.3, -0.25) is 10.6 Å². The predicted octanol–water partition coefficient (Wildman–Crippen LogP) is -1.11. The molecule has 0 aliphatic rings. The van der Waals surface area contributed by atoms with E-state index in [2.05, 4.69) is 23.1 Å². The summed E-state index contributed by atoms with van der Waals surface area (Å²) in [5, 5.41) is 5.27. The van der Waals surface area contributed by atoms with Gasteiger partial charge in [-0.05, 0) is 12.2 Å². The maximum atomic E-state index is 5.04. The Morgan fingerprint density at radius 1 is 1.75 bits per heavy atom. The number of hydrogen-bond acceptors (Lipinski definition) is 4. The maximum Gasteiger partial charge on any atom is 0.178 e. The quantitative estimate of drug-likeness (QED) is 0.135. The largest absolute Gasteiger partial charge is 0.375 e. The first-order chi connectivity index (χ1) is 3.77. The molecule has 6 heteroatoms. The van der Waals surface area contributed by atoms with Gasteiger partial charge in [0.25, 0.3) is 0 Å². The molecular weight excluding hydrogens is 144 g/mol. The molecule has 0 saturated heterocycles. The topological polar surface area (TPSA) is 76.1 Å². The third kappa shape index (κ3) is 5.96. The summed E-state index contributed by atoms with van der Waals surface area (Å²) < 4.78 is 0. The average molecular weight is 152 g/mol. The third-order valence-corrected chi connectivity index (χ3v) is 0.780. The van der Waals surface area contributed by atoms with Crippen LogP contribution in [0.15, 0.2) is 0 Å². The van der Waals surface area contributed by atoms with E-state index < -0.39 is 0 Å². The highest BCUT2D eigenvalue weighted by atomic mass is 32.2. The number of hydrazine groups is 1. The normalized spacial score (nSPS) is 8.62. The number of rotatable bonds is 3. The van der Waals surface area contributed by atoms with Gasteiger partial charge >= 0.3 is 0 Å². The molecule has 8 heavy (non-hydrogen) atoms. The minimum absolute atomic E-state index is 0.221. The first kappa shape index (κ1) is 7.96. The van der Waals surface area contributed by atoms with Crippen molar-refractivity contribution in [2.24, 2.45) is 10.9 Å². The van der Waals surface area contributed by atoms with Crippen molar-refractivity contribution >= 4 is 29.3 Å². The summed E-state index contributed by atoms with van der Waals surface area (Å²) in [4.78, 5) is 0. The molecule has 0 atom stereocenters. The Balaban J connectivity index is 2.82. The molecule has 0 spiro atoms. The lowest BCUT2D eigenvalue weighted by atomic mass is 11.2. The van der Waals surface area contributed by atoms with Crippen molar-refractivity contribution in [1.29, 1.82) is 0 Å². The number of nitrogens with one attached hydrogen (secondary N) is 2. The summed E-state index contributed by atoms with van der Waals surface area (Å²) in [5.74, 6) is 0.581. The van der Waals surface area contributed by atoms with E-state index in [1.807, 2.05) is 0 Å². The van der Waals surface area contributed by atoms with E-state index in [1.54, 1.807) is 0 Å². The molecule has 0 aliphatic carbocycles. The van der Waals surface area contributed by atoms with Crippen molar-refractivity contribution in [2.45, 2.75) is 0 Å². The molecule has 0 unspecified atom stereocenters.